The summed E-state index contributed by atoms with van der Waals surface area (Å²) < 4.78 is 15.8. The van der Waals surface area contributed by atoms with Gasteiger partial charge in [-0.15, -0.1) is 0 Å². The first-order valence-corrected chi connectivity index (χ1v) is 15.5. The Hall–Kier alpha value is -1.67. The van der Waals surface area contributed by atoms with Gasteiger partial charge >= 0.3 is 17.9 Å². The van der Waals surface area contributed by atoms with Crippen LogP contribution in [-0.4, -0.2) is 61.2 Å². The van der Waals surface area contributed by atoms with Gasteiger partial charge < -0.3 is 24.4 Å². The largest absolute Gasteiger partial charge is 0.469 e. The van der Waals surface area contributed by atoms with Crippen LogP contribution in [0.1, 0.15) is 99.8 Å². The minimum absolute atomic E-state index is 0.00325. The lowest BCUT2D eigenvalue weighted by molar-refractivity contribution is -0.298. The number of hydrogen-bond donors (Lipinski definition) is 2. The fourth-order valence-electron chi connectivity index (χ4n) is 11.5. The summed E-state index contributed by atoms with van der Waals surface area (Å²) in [5, 5.41) is 24.4. The molecule has 41 heavy (non-hydrogen) atoms. The monoisotopic (exact) mass is 578 g/mol. The highest BCUT2D eigenvalue weighted by Crippen LogP contribution is 2.76. The first kappa shape index (κ1) is 32.2. The Morgan fingerprint density at radius 3 is 2.10 bits per heavy atom. The molecular weight excluding hydrogens is 524 g/mol. The number of hydrogen-bond acceptors (Lipinski definition) is 8. The summed E-state index contributed by atoms with van der Waals surface area (Å²) in [5.74, 6) is -1.59. The zero-order valence-corrected chi connectivity index (χ0v) is 27.0. The normalized spacial score (nSPS) is 47.7. The molecule has 0 radical (unpaired) electrons. The predicted molar refractivity (Wildman–Crippen MR) is 153 cm³/mol. The molecule has 4 saturated carbocycles. The van der Waals surface area contributed by atoms with Crippen LogP contribution in [0.2, 0.25) is 0 Å². The van der Waals surface area contributed by atoms with Crippen molar-refractivity contribution in [3.63, 3.8) is 0 Å². The summed E-state index contributed by atoms with van der Waals surface area (Å²) in [6.07, 6.45) is 3.76. The molecular formula is C33H54O8. The first-order valence-electron chi connectivity index (χ1n) is 15.5. The van der Waals surface area contributed by atoms with Gasteiger partial charge in [-0.25, -0.2) is 0 Å². The van der Waals surface area contributed by atoms with Crippen LogP contribution in [0.25, 0.3) is 0 Å². The summed E-state index contributed by atoms with van der Waals surface area (Å²) in [4.78, 5) is 39.7. The Labute approximate surface area is 246 Å². The van der Waals surface area contributed by atoms with Crippen molar-refractivity contribution in [1.82, 2.24) is 0 Å². The first-order chi connectivity index (χ1) is 18.9. The smallest absolute Gasteiger partial charge is 0.312 e. The number of aliphatic hydroxyl groups is 2. The van der Waals surface area contributed by atoms with E-state index in [1.54, 1.807) is 0 Å². The van der Waals surface area contributed by atoms with Gasteiger partial charge in [0.2, 0.25) is 0 Å². The van der Waals surface area contributed by atoms with E-state index in [2.05, 4.69) is 27.7 Å². The van der Waals surface area contributed by atoms with E-state index in [1.807, 2.05) is 20.8 Å². The van der Waals surface area contributed by atoms with Crippen molar-refractivity contribution in [1.29, 1.82) is 0 Å². The maximum absolute atomic E-state index is 13.6. The van der Waals surface area contributed by atoms with Gasteiger partial charge in [0.05, 0.1) is 50.3 Å². The zero-order valence-electron chi connectivity index (χ0n) is 27.0. The van der Waals surface area contributed by atoms with E-state index in [0.29, 0.717) is 25.7 Å². The van der Waals surface area contributed by atoms with E-state index in [-0.39, 0.29) is 60.3 Å². The van der Waals surface area contributed by atoms with Crippen molar-refractivity contribution in [2.24, 2.45) is 56.7 Å². The second-order valence-electron chi connectivity index (χ2n) is 15.5. The lowest BCUT2D eigenvalue weighted by Gasteiger charge is -2.74. The molecule has 4 rings (SSSR count). The van der Waals surface area contributed by atoms with Gasteiger partial charge in [0.25, 0.3) is 0 Å². The number of methoxy groups -OCH3 is 3. The van der Waals surface area contributed by atoms with Crippen LogP contribution in [0.3, 0.4) is 0 Å². The Bertz CT molecular complexity index is 1070. The highest BCUT2D eigenvalue weighted by atomic mass is 16.5. The number of aliphatic hydroxyl groups excluding tert-OH is 1. The van der Waals surface area contributed by atoms with Crippen LogP contribution in [0, 0.1) is 56.7 Å². The Kier molecular flexibility index (Phi) is 8.03. The van der Waals surface area contributed by atoms with Crippen LogP contribution in [-0.2, 0) is 28.6 Å². The van der Waals surface area contributed by atoms with E-state index in [1.165, 1.54) is 21.3 Å². The molecule has 0 aliphatic heterocycles. The topological polar surface area (TPSA) is 119 Å². The van der Waals surface area contributed by atoms with Crippen molar-refractivity contribution in [3.8, 4) is 0 Å². The third-order valence-corrected chi connectivity index (χ3v) is 13.9. The molecule has 0 spiro atoms. The third kappa shape index (κ3) is 4.16. The molecule has 0 heterocycles. The Morgan fingerprint density at radius 2 is 1.54 bits per heavy atom. The molecule has 4 fully saturated rings. The van der Waals surface area contributed by atoms with Crippen LogP contribution in [0.4, 0.5) is 0 Å². The van der Waals surface area contributed by atoms with Gasteiger partial charge in [-0.1, -0.05) is 27.7 Å². The zero-order chi connectivity index (χ0) is 31.0. The predicted octanol–water partition coefficient (Wildman–Crippen LogP) is 4.92. The minimum Gasteiger partial charge on any atom is -0.469 e. The highest BCUT2D eigenvalue weighted by molar-refractivity contribution is 5.78. The van der Waals surface area contributed by atoms with Gasteiger partial charge in [0, 0.05) is 11.3 Å². The molecule has 4 aliphatic carbocycles. The van der Waals surface area contributed by atoms with E-state index in [4.69, 9.17) is 14.2 Å². The number of ether oxygens (including phenoxy) is 3. The summed E-state index contributed by atoms with van der Waals surface area (Å²) in [6.45, 7) is 14.3. The molecule has 0 aromatic rings. The maximum Gasteiger partial charge on any atom is 0.312 e. The average Bonchev–Trinajstić information content (AvgIpc) is 2.90. The quantitative estimate of drug-likeness (QED) is 0.348. The number of rotatable bonds is 5. The SMILES string of the molecule is COC(=O)C[C@]1(C)[C@H]2CC[C@@H]3[C@H]4[C@](C(=O)OC)(CC[C@@H](C)[C@@]4(C)O)C[C@H](O)[C@@]3(C)[C@]2(C)CC[C@H]1C(C)(C)C(=O)OC. The lowest BCUT2D eigenvalue weighted by Crippen LogP contribution is -2.74. The van der Waals surface area contributed by atoms with Crippen LogP contribution < -0.4 is 0 Å². The molecule has 0 bridgehead atoms. The molecule has 8 nitrogen and oxygen atoms in total. The van der Waals surface area contributed by atoms with Crippen molar-refractivity contribution in [2.75, 3.05) is 21.3 Å². The van der Waals surface area contributed by atoms with Crippen molar-refractivity contribution >= 4 is 17.9 Å². The van der Waals surface area contributed by atoms with Gasteiger partial charge in [-0.3, -0.25) is 14.4 Å². The fraction of sp³-hybridized carbons (Fsp3) is 0.909. The number of fused-ring (bicyclic) bond motifs is 5. The molecule has 2 N–H and O–H groups in total. The highest BCUT2D eigenvalue weighted by Gasteiger charge is 2.75. The second kappa shape index (κ2) is 10.2. The summed E-state index contributed by atoms with van der Waals surface area (Å²) in [6, 6.07) is 0. The van der Waals surface area contributed by atoms with Crippen molar-refractivity contribution < 1.29 is 38.8 Å². The Morgan fingerprint density at radius 1 is 0.902 bits per heavy atom. The number of carbonyl (C=O) groups excluding carboxylic acids is 3. The molecule has 11 atom stereocenters. The number of carbonyl (C=O) groups is 3. The van der Waals surface area contributed by atoms with Crippen LogP contribution in [0.15, 0.2) is 0 Å². The van der Waals surface area contributed by atoms with E-state index in [0.717, 1.165) is 12.8 Å². The van der Waals surface area contributed by atoms with Crippen molar-refractivity contribution in [2.45, 2.75) is 112 Å². The average molecular weight is 579 g/mol. The van der Waals surface area contributed by atoms with Gasteiger partial charge in [0.1, 0.15) is 0 Å². The molecule has 0 unspecified atom stereocenters. The summed E-state index contributed by atoms with van der Waals surface area (Å²) in [7, 11) is 4.21. The summed E-state index contributed by atoms with van der Waals surface area (Å²) >= 11 is 0. The minimum atomic E-state index is -1.11. The van der Waals surface area contributed by atoms with Crippen LogP contribution >= 0.6 is 0 Å². The van der Waals surface area contributed by atoms with E-state index >= 15 is 0 Å². The van der Waals surface area contributed by atoms with Gasteiger partial charge in [-0.05, 0) is 100 Å². The molecule has 0 aromatic heterocycles. The molecule has 0 amide bonds. The van der Waals surface area contributed by atoms with E-state index in [9.17, 15) is 24.6 Å². The lowest BCUT2D eigenvalue weighted by atomic mass is 9.31. The third-order valence-electron chi connectivity index (χ3n) is 13.9. The molecule has 0 saturated heterocycles. The van der Waals surface area contributed by atoms with Gasteiger partial charge in [-0.2, -0.15) is 0 Å². The maximum atomic E-state index is 13.6. The summed E-state index contributed by atoms with van der Waals surface area (Å²) in [5.41, 5.74) is -4.57. The van der Waals surface area contributed by atoms with Gasteiger partial charge in [0.15, 0.2) is 0 Å². The molecule has 234 valence electrons. The second-order valence-corrected chi connectivity index (χ2v) is 15.5. The van der Waals surface area contributed by atoms with E-state index < -0.39 is 38.8 Å². The van der Waals surface area contributed by atoms with Crippen molar-refractivity contribution in [3.05, 3.63) is 0 Å². The molecule has 8 heteroatoms. The molecule has 4 aliphatic rings. The fourth-order valence-corrected chi connectivity index (χ4v) is 11.5. The molecule has 0 aromatic carbocycles. The standard InChI is InChI=1S/C33H54O8/c1-19-13-16-33(27(37)41-10)17-23(34)31(6)20(25(33)32(19,7)38)11-12-22-29(4,18-24(35)39-8)21(14-15-30(22,31)5)28(2,3)26(36)40-9/h19-23,25,34,38H,11-18H2,1-10H3/t19-,20-,21+,22-,23+,25-,29+,30-,31+,32-,33+/m1/s1. The Balaban J connectivity index is 1.88. The number of esters is 3. The van der Waals surface area contributed by atoms with Crippen LogP contribution in [0.5, 0.6) is 0 Å².